The lowest BCUT2D eigenvalue weighted by Gasteiger charge is -2.31. The molecule has 0 amide bonds. The molecule has 0 aromatic heterocycles. The SMILES string of the molecule is C=C=CC1CC(C)CC=C1C(C#N)(C#N)CC#CCOC(C)=O. The summed E-state index contributed by atoms with van der Waals surface area (Å²) < 4.78 is 4.73. The van der Waals surface area contributed by atoms with Gasteiger partial charge >= 0.3 is 5.97 Å². The number of hydrogen-bond donors (Lipinski definition) is 0. The standard InChI is InChI=1S/C19H20N2O2/c1-4-7-17-12-15(2)8-9-18(17)19(13-20,14-21)10-5-6-11-23-16(3)22/h7,9,15,17H,1,8,10-12H2,2-3H3. The highest BCUT2D eigenvalue weighted by molar-refractivity contribution is 5.66. The molecule has 4 nitrogen and oxygen atoms in total. The maximum Gasteiger partial charge on any atom is 0.303 e. The molecule has 2 atom stereocenters. The van der Waals surface area contributed by atoms with Gasteiger partial charge in [0.15, 0.2) is 12.0 Å². The Balaban J connectivity index is 3.04. The van der Waals surface area contributed by atoms with E-state index < -0.39 is 11.4 Å². The predicted octanol–water partition coefficient (Wildman–Crippen LogP) is 3.29. The van der Waals surface area contributed by atoms with Crippen molar-refractivity contribution >= 4 is 5.97 Å². The summed E-state index contributed by atoms with van der Waals surface area (Å²) in [5.41, 5.74) is 2.26. The maximum absolute atomic E-state index is 10.7. The highest BCUT2D eigenvalue weighted by atomic mass is 16.5. The van der Waals surface area contributed by atoms with Gasteiger partial charge in [-0.25, -0.2) is 0 Å². The molecule has 0 saturated carbocycles. The Morgan fingerprint density at radius 3 is 2.74 bits per heavy atom. The number of rotatable bonds is 4. The van der Waals surface area contributed by atoms with Crippen molar-refractivity contribution in [3.63, 3.8) is 0 Å². The Kier molecular flexibility index (Phi) is 6.89. The highest BCUT2D eigenvalue weighted by Crippen LogP contribution is 2.42. The number of carbonyl (C=O) groups is 1. The zero-order valence-electron chi connectivity index (χ0n) is 13.6. The van der Waals surface area contributed by atoms with E-state index in [0.29, 0.717) is 5.92 Å². The summed E-state index contributed by atoms with van der Waals surface area (Å²) in [7, 11) is 0. The summed E-state index contributed by atoms with van der Waals surface area (Å²) in [6.45, 7) is 7.01. The van der Waals surface area contributed by atoms with Crippen LogP contribution in [0.5, 0.6) is 0 Å². The third kappa shape index (κ3) is 4.89. The van der Waals surface area contributed by atoms with Crippen LogP contribution in [0.4, 0.5) is 0 Å². The van der Waals surface area contributed by atoms with Crippen molar-refractivity contribution in [3.8, 4) is 24.0 Å². The average molecular weight is 308 g/mol. The van der Waals surface area contributed by atoms with Crippen molar-refractivity contribution in [2.75, 3.05) is 6.61 Å². The lowest BCUT2D eigenvalue weighted by Crippen LogP contribution is -2.27. The van der Waals surface area contributed by atoms with Crippen LogP contribution < -0.4 is 0 Å². The predicted molar refractivity (Wildman–Crippen MR) is 86.4 cm³/mol. The lowest BCUT2D eigenvalue weighted by molar-refractivity contribution is -0.139. The molecule has 0 saturated heterocycles. The average Bonchev–Trinajstić information content (AvgIpc) is 2.52. The molecule has 23 heavy (non-hydrogen) atoms. The van der Waals surface area contributed by atoms with Crippen LogP contribution >= 0.6 is 0 Å². The van der Waals surface area contributed by atoms with Crippen LogP contribution in [-0.4, -0.2) is 12.6 Å². The van der Waals surface area contributed by atoms with E-state index in [0.717, 1.165) is 18.4 Å². The van der Waals surface area contributed by atoms with Gasteiger partial charge in [-0.05, 0) is 30.4 Å². The van der Waals surface area contributed by atoms with Crippen LogP contribution in [-0.2, 0) is 9.53 Å². The van der Waals surface area contributed by atoms with Crippen molar-refractivity contribution in [1.29, 1.82) is 10.5 Å². The first-order chi connectivity index (χ1) is 11.0. The van der Waals surface area contributed by atoms with Crippen molar-refractivity contribution in [1.82, 2.24) is 0 Å². The molecule has 1 aliphatic carbocycles. The molecule has 1 aliphatic rings. The van der Waals surface area contributed by atoms with Crippen LogP contribution in [0, 0.1) is 51.8 Å². The van der Waals surface area contributed by atoms with Gasteiger partial charge in [0.05, 0.1) is 12.1 Å². The van der Waals surface area contributed by atoms with Crippen molar-refractivity contribution in [3.05, 3.63) is 30.0 Å². The van der Waals surface area contributed by atoms with Gasteiger partial charge in [0.25, 0.3) is 0 Å². The fourth-order valence-corrected chi connectivity index (χ4v) is 2.65. The van der Waals surface area contributed by atoms with E-state index in [2.05, 4.69) is 43.2 Å². The lowest BCUT2D eigenvalue weighted by atomic mass is 9.68. The topological polar surface area (TPSA) is 73.9 Å². The minimum atomic E-state index is -1.29. The minimum absolute atomic E-state index is 0.0224. The van der Waals surface area contributed by atoms with Gasteiger partial charge in [-0.15, -0.1) is 5.73 Å². The second-order valence-electron chi connectivity index (χ2n) is 5.65. The van der Waals surface area contributed by atoms with Crippen LogP contribution in [0.1, 0.15) is 33.1 Å². The van der Waals surface area contributed by atoms with E-state index in [-0.39, 0.29) is 18.9 Å². The molecular formula is C19H20N2O2. The maximum atomic E-state index is 10.7. The molecule has 0 fully saturated rings. The molecule has 0 heterocycles. The van der Waals surface area contributed by atoms with E-state index >= 15 is 0 Å². The molecule has 0 aliphatic heterocycles. The van der Waals surface area contributed by atoms with Crippen molar-refractivity contribution in [2.24, 2.45) is 17.3 Å². The Labute approximate surface area is 137 Å². The largest absolute Gasteiger partial charge is 0.453 e. The molecule has 118 valence electrons. The van der Waals surface area contributed by atoms with E-state index in [4.69, 9.17) is 4.74 Å². The number of carbonyl (C=O) groups excluding carboxylic acids is 1. The molecule has 4 heteroatoms. The Morgan fingerprint density at radius 2 is 2.17 bits per heavy atom. The summed E-state index contributed by atoms with van der Waals surface area (Å²) in [5.74, 6) is 5.52. The molecule has 0 aromatic carbocycles. The van der Waals surface area contributed by atoms with Gasteiger partial charge < -0.3 is 4.74 Å². The number of ether oxygens (including phenoxy) is 1. The molecule has 1 rings (SSSR count). The van der Waals surface area contributed by atoms with Crippen LogP contribution in [0.3, 0.4) is 0 Å². The van der Waals surface area contributed by atoms with E-state index in [1.54, 1.807) is 0 Å². The molecule has 0 aromatic rings. The Morgan fingerprint density at radius 1 is 1.48 bits per heavy atom. The monoisotopic (exact) mass is 308 g/mol. The number of hydrogen-bond acceptors (Lipinski definition) is 4. The summed E-state index contributed by atoms with van der Waals surface area (Å²) in [4.78, 5) is 10.7. The van der Waals surface area contributed by atoms with Gasteiger partial charge in [0, 0.05) is 19.3 Å². The molecule has 2 unspecified atom stereocenters. The zero-order chi connectivity index (χ0) is 17.3. The van der Waals surface area contributed by atoms with E-state index in [1.165, 1.54) is 6.92 Å². The molecule has 0 bridgehead atoms. The summed E-state index contributed by atoms with van der Waals surface area (Å²) in [6.07, 6.45) is 5.58. The van der Waals surface area contributed by atoms with Gasteiger partial charge in [0.1, 0.15) is 0 Å². The number of nitrogens with zero attached hydrogens (tertiary/aromatic N) is 2. The number of nitriles is 2. The first-order valence-corrected chi connectivity index (χ1v) is 7.47. The smallest absolute Gasteiger partial charge is 0.303 e. The second kappa shape index (κ2) is 8.65. The van der Waals surface area contributed by atoms with Crippen LogP contribution in [0.25, 0.3) is 0 Å². The summed E-state index contributed by atoms with van der Waals surface area (Å²) in [6, 6.07) is 4.26. The van der Waals surface area contributed by atoms with Gasteiger partial charge in [-0.1, -0.05) is 31.4 Å². The minimum Gasteiger partial charge on any atom is -0.453 e. The first kappa shape index (κ1) is 18.3. The number of allylic oxidation sites excluding steroid dienone is 3. The quantitative estimate of drug-likeness (QED) is 0.346. The summed E-state index contributed by atoms with van der Waals surface area (Å²) in [5, 5.41) is 19.2. The molecular weight excluding hydrogens is 288 g/mol. The van der Waals surface area contributed by atoms with E-state index in [9.17, 15) is 15.3 Å². The molecule has 0 spiro atoms. The third-order valence-corrected chi connectivity index (χ3v) is 3.82. The fourth-order valence-electron chi connectivity index (χ4n) is 2.65. The summed E-state index contributed by atoms with van der Waals surface area (Å²) >= 11 is 0. The van der Waals surface area contributed by atoms with Gasteiger partial charge in [-0.3, -0.25) is 4.79 Å². The first-order valence-electron chi connectivity index (χ1n) is 7.47. The van der Waals surface area contributed by atoms with E-state index in [1.807, 2.05) is 12.2 Å². The highest BCUT2D eigenvalue weighted by Gasteiger charge is 2.39. The Bertz CT molecular complexity index is 659. The fraction of sp³-hybridized carbons (Fsp3) is 0.474. The van der Waals surface area contributed by atoms with Crippen LogP contribution in [0.2, 0.25) is 0 Å². The molecule has 0 N–H and O–H groups in total. The Hall–Kier alpha value is -2.73. The molecule has 0 radical (unpaired) electrons. The van der Waals surface area contributed by atoms with Gasteiger partial charge in [0.2, 0.25) is 0 Å². The normalized spacial score (nSPS) is 19.7. The third-order valence-electron chi connectivity index (χ3n) is 3.82. The van der Waals surface area contributed by atoms with Crippen LogP contribution in [0.15, 0.2) is 30.0 Å². The zero-order valence-corrected chi connectivity index (χ0v) is 13.6. The van der Waals surface area contributed by atoms with Crippen molar-refractivity contribution < 1.29 is 9.53 Å². The van der Waals surface area contributed by atoms with Crippen molar-refractivity contribution in [2.45, 2.75) is 33.1 Å². The van der Waals surface area contributed by atoms with Gasteiger partial charge in [-0.2, -0.15) is 10.5 Å². The number of esters is 1. The second-order valence-corrected chi connectivity index (χ2v) is 5.65.